The first kappa shape index (κ1) is 23.1. The lowest BCUT2D eigenvalue weighted by atomic mass is 9.88. The lowest BCUT2D eigenvalue weighted by Crippen LogP contribution is -2.44. The summed E-state index contributed by atoms with van der Waals surface area (Å²) in [4.78, 5) is 14.6. The Morgan fingerprint density at radius 3 is 2.67 bits per heavy atom. The van der Waals surface area contributed by atoms with Gasteiger partial charge in [-0.3, -0.25) is 0 Å². The molecule has 174 valence electrons. The highest BCUT2D eigenvalue weighted by atomic mass is 32.2. The van der Waals surface area contributed by atoms with E-state index in [0.29, 0.717) is 16.6 Å². The van der Waals surface area contributed by atoms with Gasteiger partial charge in [-0.25, -0.2) is 36.7 Å². The van der Waals surface area contributed by atoms with Crippen molar-refractivity contribution in [2.24, 2.45) is 5.41 Å². The summed E-state index contributed by atoms with van der Waals surface area (Å²) in [6.45, 7) is 13.0. The van der Waals surface area contributed by atoms with Gasteiger partial charge in [-0.1, -0.05) is 20.8 Å². The standard InChI is InChI=1S/C22H24F2N6O2S/c1-22(2,3)18(11-33(31,32)30-13-5-6-13)28-21-16(24)8-17(25-4)19(29-21)15-10-27-20-14(15)7-12(23)9-26-20/h7-10,13,18,30H,5-6,11H2,1-3H3,(H,26,27)(H,28,29)/t18-/m1/s1. The first-order valence-corrected chi connectivity index (χ1v) is 12.1. The normalized spacial score (nSPS) is 15.4. The molecule has 3 aromatic rings. The molecule has 0 unspecified atom stereocenters. The smallest absolute Gasteiger partial charge is 0.216 e. The second-order valence-electron chi connectivity index (χ2n) is 9.29. The molecule has 0 amide bonds. The number of halogens is 2. The Morgan fingerprint density at radius 2 is 2.03 bits per heavy atom. The molecular formula is C22H24F2N6O2S. The molecule has 1 aliphatic carbocycles. The van der Waals surface area contributed by atoms with Crippen molar-refractivity contribution < 1.29 is 17.2 Å². The number of sulfonamides is 1. The van der Waals surface area contributed by atoms with Crippen molar-refractivity contribution in [3.8, 4) is 11.3 Å². The molecule has 4 rings (SSSR count). The molecule has 0 spiro atoms. The lowest BCUT2D eigenvalue weighted by molar-refractivity contribution is 0.357. The third-order valence-electron chi connectivity index (χ3n) is 5.50. The molecule has 1 fully saturated rings. The summed E-state index contributed by atoms with van der Waals surface area (Å²) in [6, 6.07) is 1.59. The van der Waals surface area contributed by atoms with Crippen LogP contribution in [0.25, 0.3) is 27.1 Å². The molecule has 8 nitrogen and oxygen atoms in total. The molecule has 3 N–H and O–H groups in total. The summed E-state index contributed by atoms with van der Waals surface area (Å²) in [5, 5.41) is 3.34. The maximum absolute atomic E-state index is 14.9. The zero-order chi connectivity index (χ0) is 24.0. The predicted octanol–water partition coefficient (Wildman–Crippen LogP) is 4.36. The molecular weight excluding hydrogens is 450 g/mol. The maximum Gasteiger partial charge on any atom is 0.216 e. The average Bonchev–Trinajstić information content (AvgIpc) is 3.43. The number of rotatable bonds is 7. The van der Waals surface area contributed by atoms with E-state index in [1.54, 1.807) is 0 Å². The Hall–Kier alpha value is -3.10. The Balaban J connectivity index is 1.74. The van der Waals surface area contributed by atoms with Crippen LogP contribution in [0, 0.1) is 23.6 Å². The monoisotopic (exact) mass is 474 g/mol. The molecule has 1 aliphatic rings. The lowest BCUT2D eigenvalue weighted by Gasteiger charge is -2.32. The van der Waals surface area contributed by atoms with E-state index in [1.165, 1.54) is 12.3 Å². The molecule has 1 atom stereocenters. The highest BCUT2D eigenvalue weighted by Gasteiger charge is 2.34. The predicted molar refractivity (Wildman–Crippen MR) is 122 cm³/mol. The van der Waals surface area contributed by atoms with Crippen LogP contribution in [0.2, 0.25) is 0 Å². The SMILES string of the molecule is [C-]#[N+]c1cc(F)c(N[C@H](CS(=O)(=O)NC2CC2)C(C)(C)C)nc1-c1c[nH]c2ncc(F)cc12. The second-order valence-corrected chi connectivity index (χ2v) is 11.1. The van der Waals surface area contributed by atoms with Gasteiger partial charge in [0.1, 0.15) is 11.5 Å². The molecule has 33 heavy (non-hydrogen) atoms. The van der Waals surface area contributed by atoms with E-state index in [2.05, 4.69) is 29.8 Å². The number of H-pyrrole nitrogens is 1. The van der Waals surface area contributed by atoms with Crippen LogP contribution in [0.1, 0.15) is 33.6 Å². The van der Waals surface area contributed by atoms with Crippen LogP contribution in [-0.4, -0.2) is 41.2 Å². The number of hydrogen-bond acceptors (Lipinski definition) is 5. The van der Waals surface area contributed by atoms with E-state index in [-0.39, 0.29) is 29.0 Å². The number of pyridine rings is 2. The van der Waals surface area contributed by atoms with Crippen molar-refractivity contribution in [2.45, 2.75) is 45.7 Å². The van der Waals surface area contributed by atoms with Gasteiger partial charge in [0.25, 0.3) is 0 Å². The Kier molecular flexibility index (Phi) is 5.84. The third-order valence-corrected chi connectivity index (χ3v) is 6.96. The van der Waals surface area contributed by atoms with Crippen LogP contribution < -0.4 is 10.0 Å². The second kappa shape index (κ2) is 8.35. The maximum atomic E-state index is 14.9. The summed E-state index contributed by atoms with van der Waals surface area (Å²) in [5.74, 6) is -1.79. The number of anilines is 1. The number of hydrogen-bond donors (Lipinski definition) is 3. The highest BCUT2D eigenvalue weighted by molar-refractivity contribution is 7.89. The first-order valence-electron chi connectivity index (χ1n) is 10.4. The fourth-order valence-corrected chi connectivity index (χ4v) is 5.30. The van der Waals surface area contributed by atoms with E-state index >= 15 is 0 Å². The van der Waals surface area contributed by atoms with Gasteiger partial charge in [0.05, 0.1) is 24.2 Å². The molecule has 0 bridgehead atoms. The minimum Gasteiger partial charge on any atom is -0.363 e. The number of nitrogens with zero attached hydrogens (tertiary/aromatic N) is 3. The van der Waals surface area contributed by atoms with Crippen LogP contribution in [0.3, 0.4) is 0 Å². The first-order chi connectivity index (χ1) is 15.5. The van der Waals surface area contributed by atoms with E-state index in [0.717, 1.165) is 25.1 Å². The zero-order valence-corrected chi connectivity index (χ0v) is 19.2. The number of nitrogens with one attached hydrogen (secondary N) is 3. The molecule has 0 aliphatic heterocycles. The van der Waals surface area contributed by atoms with E-state index in [4.69, 9.17) is 6.57 Å². The Labute approximate surface area is 190 Å². The fourth-order valence-electron chi connectivity index (χ4n) is 3.43. The highest BCUT2D eigenvalue weighted by Crippen LogP contribution is 2.36. The van der Waals surface area contributed by atoms with Crippen LogP contribution in [-0.2, 0) is 10.0 Å². The minimum atomic E-state index is -3.60. The van der Waals surface area contributed by atoms with E-state index in [9.17, 15) is 17.2 Å². The largest absolute Gasteiger partial charge is 0.363 e. The molecule has 0 saturated heterocycles. The molecule has 0 radical (unpaired) electrons. The van der Waals surface area contributed by atoms with E-state index < -0.39 is 33.1 Å². The van der Waals surface area contributed by atoms with Crippen molar-refractivity contribution in [3.63, 3.8) is 0 Å². The van der Waals surface area contributed by atoms with Crippen molar-refractivity contribution in [1.82, 2.24) is 19.7 Å². The molecule has 11 heteroatoms. The van der Waals surface area contributed by atoms with Gasteiger partial charge >= 0.3 is 0 Å². The van der Waals surface area contributed by atoms with Gasteiger partial charge < -0.3 is 10.3 Å². The van der Waals surface area contributed by atoms with Crippen molar-refractivity contribution in [1.29, 1.82) is 0 Å². The van der Waals surface area contributed by atoms with Gasteiger partial charge in [-0.2, -0.15) is 0 Å². The average molecular weight is 475 g/mol. The summed E-state index contributed by atoms with van der Waals surface area (Å²) in [6.07, 6.45) is 4.21. The molecule has 1 saturated carbocycles. The van der Waals surface area contributed by atoms with Crippen LogP contribution in [0.4, 0.5) is 20.3 Å². The summed E-state index contributed by atoms with van der Waals surface area (Å²) in [5.41, 5.74) is 0.311. The van der Waals surface area contributed by atoms with Crippen LogP contribution in [0.5, 0.6) is 0 Å². The summed E-state index contributed by atoms with van der Waals surface area (Å²) >= 11 is 0. The topological polar surface area (TPSA) is 104 Å². The summed E-state index contributed by atoms with van der Waals surface area (Å²) < 4.78 is 56.6. The number of aromatic amines is 1. The van der Waals surface area contributed by atoms with Crippen LogP contribution >= 0.6 is 0 Å². The van der Waals surface area contributed by atoms with Crippen molar-refractivity contribution in [2.75, 3.05) is 11.1 Å². The third kappa shape index (κ3) is 5.12. The van der Waals surface area contributed by atoms with E-state index in [1.807, 2.05) is 20.8 Å². The summed E-state index contributed by atoms with van der Waals surface area (Å²) in [7, 11) is -3.60. The quantitative estimate of drug-likeness (QED) is 0.442. The van der Waals surface area contributed by atoms with Gasteiger partial charge in [0.2, 0.25) is 15.7 Å². The van der Waals surface area contributed by atoms with Crippen molar-refractivity contribution in [3.05, 3.63) is 47.6 Å². The van der Waals surface area contributed by atoms with Crippen molar-refractivity contribution >= 4 is 32.6 Å². The number of aromatic nitrogens is 3. The van der Waals surface area contributed by atoms with Gasteiger partial charge in [-0.05, 0) is 30.4 Å². The van der Waals surface area contributed by atoms with Gasteiger partial charge in [0.15, 0.2) is 11.6 Å². The fraction of sp³-hybridized carbons (Fsp3) is 0.409. The molecule has 3 heterocycles. The molecule has 0 aromatic carbocycles. The Morgan fingerprint density at radius 1 is 1.30 bits per heavy atom. The number of fused-ring (bicyclic) bond motifs is 1. The minimum absolute atomic E-state index is 0.0362. The zero-order valence-electron chi connectivity index (χ0n) is 18.4. The Bertz CT molecular complexity index is 1350. The van der Waals surface area contributed by atoms with Gasteiger partial charge in [0, 0.05) is 29.2 Å². The van der Waals surface area contributed by atoms with Crippen LogP contribution in [0.15, 0.2) is 24.5 Å². The van der Waals surface area contributed by atoms with Gasteiger partial charge in [-0.15, -0.1) is 0 Å². The molecule has 3 aromatic heterocycles.